The Morgan fingerprint density at radius 2 is 1.56 bits per heavy atom. The molecular formula is C19H14Cl2F6N2O3. The van der Waals surface area contributed by atoms with E-state index in [1.165, 1.54) is 18.3 Å². The summed E-state index contributed by atoms with van der Waals surface area (Å²) in [6.07, 6.45) is -10.2. The standard InChI is InChI=1S/C19H14Cl2F6N2O3/c1-2-32-16(31)17(19(25,26)27,28-12-6-3-10(4-7-12)18(22,23)24)29-15(30)13-8-5-11(20)9-14(13)21/h3-9,28H,2H2,1H3,(H,29,30)/t17-/m1/s1. The summed E-state index contributed by atoms with van der Waals surface area (Å²) < 4.78 is 85.1. The highest BCUT2D eigenvalue weighted by atomic mass is 35.5. The zero-order valence-corrected chi connectivity index (χ0v) is 17.5. The number of carbonyl (C=O) groups excluding carboxylic acids is 2. The smallest absolute Gasteiger partial charge is 0.441 e. The Labute approximate surface area is 187 Å². The molecule has 13 heteroatoms. The van der Waals surface area contributed by atoms with Crippen molar-refractivity contribution in [2.75, 3.05) is 11.9 Å². The molecule has 0 radical (unpaired) electrons. The van der Waals surface area contributed by atoms with Crippen molar-refractivity contribution in [2.45, 2.75) is 24.9 Å². The number of rotatable bonds is 6. The molecule has 0 heterocycles. The summed E-state index contributed by atoms with van der Waals surface area (Å²) in [7, 11) is 0. The van der Waals surface area contributed by atoms with E-state index in [4.69, 9.17) is 23.2 Å². The van der Waals surface area contributed by atoms with E-state index in [-0.39, 0.29) is 10.0 Å². The van der Waals surface area contributed by atoms with Crippen molar-refractivity contribution in [3.63, 3.8) is 0 Å². The molecule has 2 rings (SSSR count). The molecule has 0 bridgehead atoms. The van der Waals surface area contributed by atoms with Crippen LogP contribution in [0.15, 0.2) is 42.5 Å². The molecule has 32 heavy (non-hydrogen) atoms. The molecule has 0 spiro atoms. The summed E-state index contributed by atoms with van der Waals surface area (Å²) >= 11 is 11.6. The zero-order chi connectivity index (χ0) is 24.3. The minimum Gasteiger partial charge on any atom is -0.463 e. The summed E-state index contributed by atoms with van der Waals surface area (Å²) in [4.78, 5) is 25.0. The Morgan fingerprint density at radius 1 is 0.969 bits per heavy atom. The molecule has 174 valence electrons. The molecule has 0 aromatic heterocycles. The molecular weight excluding hydrogens is 489 g/mol. The predicted molar refractivity (Wildman–Crippen MR) is 104 cm³/mol. The number of amides is 1. The van der Waals surface area contributed by atoms with E-state index in [0.29, 0.717) is 24.3 Å². The van der Waals surface area contributed by atoms with Gasteiger partial charge >= 0.3 is 24.0 Å². The van der Waals surface area contributed by atoms with Crippen LogP contribution >= 0.6 is 23.2 Å². The largest absolute Gasteiger partial charge is 0.463 e. The van der Waals surface area contributed by atoms with Gasteiger partial charge in [-0.25, -0.2) is 4.79 Å². The molecule has 0 aliphatic rings. The Balaban J connectivity index is 2.53. The van der Waals surface area contributed by atoms with Crippen LogP contribution in [0.5, 0.6) is 0 Å². The summed E-state index contributed by atoms with van der Waals surface area (Å²) in [6, 6.07) is 5.67. The van der Waals surface area contributed by atoms with E-state index < -0.39 is 53.3 Å². The van der Waals surface area contributed by atoms with E-state index in [9.17, 15) is 35.9 Å². The van der Waals surface area contributed by atoms with Crippen LogP contribution in [-0.4, -0.2) is 30.3 Å². The Kier molecular flexibility index (Phi) is 7.56. The van der Waals surface area contributed by atoms with Crippen molar-refractivity contribution < 1.29 is 40.7 Å². The number of benzene rings is 2. The van der Waals surface area contributed by atoms with Crippen LogP contribution in [0.3, 0.4) is 0 Å². The number of halogens is 8. The number of ether oxygens (including phenoxy) is 1. The van der Waals surface area contributed by atoms with E-state index in [1.54, 1.807) is 5.32 Å². The summed E-state index contributed by atoms with van der Waals surface area (Å²) in [5.74, 6) is -3.36. The lowest BCUT2D eigenvalue weighted by Gasteiger charge is -2.35. The van der Waals surface area contributed by atoms with Crippen molar-refractivity contribution in [3.8, 4) is 0 Å². The van der Waals surface area contributed by atoms with E-state index >= 15 is 0 Å². The van der Waals surface area contributed by atoms with E-state index in [0.717, 1.165) is 12.1 Å². The van der Waals surface area contributed by atoms with Gasteiger partial charge in [0.15, 0.2) is 0 Å². The maximum Gasteiger partial charge on any atom is 0.441 e. The third kappa shape index (κ3) is 5.57. The second-order valence-corrected chi connectivity index (χ2v) is 7.09. The second kappa shape index (κ2) is 9.45. The number of nitrogens with one attached hydrogen (secondary N) is 2. The highest BCUT2D eigenvalue weighted by Gasteiger charge is 2.63. The maximum atomic E-state index is 14.1. The Bertz CT molecular complexity index is 996. The molecule has 2 aromatic rings. The van der Waals surface area contributed by atoms with Gasteiger partial charge in [-0.15, -0.1) is 0 Å². The second-order valence-electron chi connectivity index (χ2n) is 6.25. The van der Waals surface area contributed by atoms with Crippen molar-refractivity contribution in [3.05, 3.63) is 63.6 Å². The van der Waals surface area contributed by atoms with Gasteiger partial charge in [-0.05, 0) is 49.4 Å². The van der Waals surface area contributed by atoms with Crippen LogP contribution in [-0.2, 0) is 15.7 Å². The lowest BCUT2D eigenvalue weighted by molar-refractivity contribution is -0.204. The van der Waals surface area contributed by atoms with Gasteiger partial charge in [-0.2, -0.15) is 26.3 Å². The van der Waals surface area contributed by atoms with Gasteiger partial charge in [0.25, 0.3) is 5.91 Å². The molecule has 0 aliphatic heterocycles. The molecule has 0 saturated carbocycles. The average molecular weight is 503 g/mol. The van der Waals surface area contributed by atoms with Crippen LogP contribution in [0.25, 0.3) is 0 Å². The molecule has 5 nitrogen and oxygen atoms in total. The SMILES string of the molecule is CCOC(=O)[C@](NC(=O)c1ccc(Cl)cc1Cl)(Nc1ccc(C(F)(F)F)cc1)C(F)(F)F. The number of alkyl halides is 6. The fraction of sp³-hybridized carbons (Fsp3) is 0.263. The summed E-state index contributed by atoms with van der Waals surface area (Å²) in [5.41, 5.74) is -5.97. The Hall–Kier alpha value is -2.66. The first-order chi connectivity index (χ1) is 14.7. The molecule has 2 N–H and O–H groups in total. The normalized spacial score (nSPS) is 13.8. The van der Waals surface area contributed by atoms with Gasteiger partial charge in [-0.3, -0.25) is 4.79 Å². The van der Waals surface area contributed by atoms with Crippen molar-refractivity contribution in [1.82, 2.24) is 5.32 Å². The summed E-state index contributed by atoms with van der Waals surface area (Å²) in [5, 5.41) is 3.08. The van der Waals surface area contributed by atoms with Crippen LogP contribution in [0.4, 0.5) is 32.0 Å². The highest BCUT2D eigenvalue weighted by molar-refractivity contribution is 6.36. The first kappa shape index (κ1) is 25.6. The topological polar surface area (TPSA) is 67.4 Å². The number of esters is 1. The lowest BCUT2D eigenvalue weighted by Crippen LogP contribution is -2.69. The minimum atomic E-state index is -5.49. The van der Waals surface area contributed by atoms with Gasteiger partial charge in [0.1, 0.15) is 0 Å². The van der Waals surface area contributed by atoms with Crippen LogP contribution in [0.2, 0.25) is 10.0 Å². The monoisotopic (exact) mass is 502 g/mol. The molecule has 0 unspecified atom stereocenters. The third-order valence-corrected chi connectivity index (χ3v) is 4.58. The molecule has 0 saturated heterocycles. The number of hydrogen-bond acceptors (Lipinski definition) is 4. The molecule has 0 aliphatic carbocycles. The zero-order valence-electron chi connectivity index (χ0n) is 16.0. The van der Waals surface area contributed by atoms with Crippen molar-refractivity contribution in [2.24, 2.45) is 0 Å². The number of anilines is 1. The first-order valence-electron chi connectivity index (χ1n) is 8.68. The maximum absolute atomic E-state index is 14.1. The van der Waals surface area contributed by atoms with Crippen LogP contribution < -0.4 is 10.6 Å². The minimum absolute atomic E-state index is 0.0990. The Morgan fingerprint density at radius 3 is 2.03 bits per heavy atom. The van der Waals surface area contributed by atoms with Crippen LogP contribution in [0, 0.1) is 0 Å². The van der Waals surface area contributed by atoms with Crippen molar-refractivity contribution >= 4 is 40.8 Å². The average Bonchev–Trinajstić information content (AvgIpc) is 2.66. The number of carbonyl (C=O) groups is 2. The van der Waals surface area contributed by atoms with Crippen LogP contribution in [0.1, 0.15) is 22.8 Å². The van der Waals surface area contributed by atoms with Gasteiger partial charge < -0.3 is 15.4 Å². The molecule has 0 fully saturated rings. The van der Waals surface area contributed by atoms with Gasteiger partial charge in [0, 0.05) is 10.7 Å². The number of hydrogen-bond donors (Lipinski definition) is 2. The fourth-order valence-corrected chi connectivity index (χ4v) is 2.99. The predicted octanol–water partition coefficient (Wildman–Crippen LogP) is 5.68. The van der Waals surface area contributed by atoms with E-state index in [1.807, 2.05) is 0 Å². The third-order valence-electron chi connectivity index (χ3n) is 4.03. The van der Waals surface area contributed by atoms with Gasteiger partial charge in [0.2, 0.25) is 0 Å². The lowest BCUT2D eigenvalue weighted by atomic mass is 10.1. The molecule has 1 atom stereocenters. The first-order valence-corrected chi connectivity index (χ1v) is 9.44. The quantitative estimate of drug-likeness (QED) is 0.303. The van der Waals surface area contributed by atoms with Gasteiger partial charge in [0.05, 0.1) is 22.8 Å². The fourth-order valence-electron chi connectivity index (χ4n) is 2.50. The van der Waals surface area contributed by atoms with Gasteiger partial charge in [-0.1, -0.05) is 23.2 Å². The summed E-state index contributed by atoms with van der Waals surface area (Å²) in [6.45, 7) is 0.748. The van der Waals surface area contributed by atoms with E-state index in [2.05, 4.69) is 4.74 Å². The highest BCUT2D eigenvalue weighted by Crippen LogP contribution is 2.35. The molecule has 1 amide bonds. The van der Waals surface area contributed by atoms with Crippen molar-refractivity contribution in [1.29, 1.82) is 0 Å². The molecule has 2 aromatic carbocycles.